The van der Waals surface area contributed by atoms with Crippen LogP contribution in [0.5, 0.6) is 0 Å². The minimum atomic E-state index is -0.348. The molecule has 1 saturated carbocycles. The number of esters is 1. The van der Waals surface area contributed by atoms with Gasteiger partial charge in [-0.2, -0.15) is 0 Å². The van der Waals surface area contributed by atoms with Crippen molar-refractivity contribution in [3.8, 4) is 0 Å². The van der Waals surface area contributed by atoms with Crippen LogP contribution in [-0.2, 0) is 14.3 Å². The van der Waals surface area contributed by atoms with Crippen molar-refractivity contribution in [2.24, 2.45) is 5.92 Å². The summed E-state index contributed by atoms with van der Waals surface area (Å²) in [4.78, 5) is 25.5. The molecule has 2 rings (SSSR count). The van der Waals surface area contributed by atoms with Crippen LogP contribution in [0.15, 0.2) is 0 Å². The fourth-order valence-electron chi connectivity index (χ4n) is 3.42. The first kappa shape index (κ1) is 13.4. The van der Waals surface area contributed by atoms with E-state index in [0.29, 0.717) is 18.8 Å². The lowest BCUT2D eigenvalue weighted by Gasteiger charge is -2.36. The molecule has 2 unspecified atom stereocenters. The Balaban J connectivity index is 2.07. The first-order valence-corrected chi connectivity index (χ1v) is 7.04. The number of carbonyl (C=O) groups is 2. The number of carbonyl (C=O) groups excluding carboxylic acids is 2. The maximum Gasteiger partial charge on any atom is 0.328 e. The van der Waals surface area contributed by atoms with Crippen molar-refractivity contribution in [3.63, 3.8) is 0 Å². The number of hydrogen-bond acceptors (Lipinski definition) is 3. The third-order valence-electron chi connectivity index (χ3n) is 4.50. The molecule has 2 fully saturated rings. The van der Waals surface area contributed by atoms with Crippen LogP contribution in [0.1, 0.15) is 51.9 Å². The van der Waals surface area contributed by atoms with Gasteiger partial charge in [0.05, 0.1) is 7.11 Å². The Hall–Kier alpha value is -1.06. The Morgan fingerprint density at radius 1 is 1.28 bits per heavy atom. The molecule has 0 bridgehead atoms. The molecule has 1 amide bonds. The van der Waals surface area contributed by atoms with Crippen LogP contribution in [0.25, 0.3) is 0 Å². The molecule has 0 radical (unpaired) electrons. The lowest BCUT2D eigenvalue weighted by Crippen LogP contribution is -2.48. The van der Waals surface area contributed by atoms with Crippen LogP contribution in [0.3, 0.4) is 0 Å². The first-order valence-electron chi connectivity index (χ1n) is 7.04. The highest BCUT2D eigenvalue weighted by atomic mass is 16.5. The van der Waals surface area contributed by atoms with Crippen LogP contribution in [0.4, 0.5) is 0 Å². The summed E-state index contributed by atoms with van der Waals surface area (Å²) in [5.74, 6) is 0.403. The SMILES string of the molecule is COC(=O)C1CCC(=O)N1C(C)C1CCCCC1. The Bertz CT molecular complexity index is 323. The van der Waals surface area contributed by atoms with Gasteiger partial charge in [-0.25, -0.2) is 4.79 Å². The third kappa shape index (κ3) is 2.52. The molecule has 0 aromatic carbocycles. The molecule has 0 spiro atoms. The monoisotopic (exact) mass is 253 g/mol. The highest BCUT2D eigenvalue weighted by Crippen LogP contribution is 2.33. The number of ether oxygens (including phenoxy) is 1. The standard InChI is InChI=1S/C14H23NO3/c1-10(11-6-4-3-5-7-11)15-12(14(17)18-2)8-9-13(15)16/h10-12H,3-9H2,1-2H3. The zero-order chi connectivity index (χ0) is 13.1. The normalized spacial score (nSPS) is 27.3. The zero-order valence-corrected chi connectivity index (χ0v) is 11.4. The third-order valence-corrected chi connectivity index (χ3v) is 4.50. The summed E-state index contributed by atoms with van der Waals surface area (Å²) < 4.78 is 4.82. The van der Waals surface area contributed by atoms with Gasteiger partial charge in [0.1, 0.15) is 6.04 Å². The number of amides is 1. The summed E-state index contributed by atoms with van der Waals surface area (Å²) in [6.07, 6.45) is 7.26. The van der Waals surface area contributed by atoms with Crippen molar-refractivity contribution < 1.29 is 14.3 Å². The maximum absolute atomic E-state index is 12.0. The fraction of sp³-hybridized carbons (Fsp3) is 0.857. The second-order valence-corrected chi connectivity index (χ2v) is 5.52. The van der Waals surface area contributed by atoms with E-state index >= 15 is 0 Å². The molecule has 102 valence electrons. The minimum Gasteiger partial charge on any atom is -0.467 e. The van der Waals surface area contributed by atoms with Gasteiger partial charge in [0.25, 0.3) is 0 Å². The van der Waals surface area contributed by atoms with Crippen LogP contribution >= 0.6 is 0 Å². The summed E-state index contributed by atoms with van der Waals surface area (Å²) in [6, 6.07) is -0.177. The van der Waals surface area contributed by atoms with Crippen molar-refractivity contribution >= 4 is 11.9 Å². The quantitative estimate of drug-likeness (QED) is 0.724. The van der Waals surface area contributed by atoms with Crippen molar-refractivity contribution in [1.82, 2.24) is 4.90 Å². The molecule has 1 saturated heterocycles. The summed E-state index contributed by atoms with van der Waals surface area (Å²) in [5.41, 5.74) is 0. The predicted molar refractivity (Wildman–Crippen MR) is 67.9 cm³/mol. The molecule has 1 aliphatic carbocycles. The van der Waals surface area contributed by atoms with E-state index in [0.717, 1.165) is 0 Å². The molecule has 2 atom stereocenters. The maximum atomic E-state index is 12.0. The molecule has 2 aliphatic rings. The van der Waals surface area contributed by atoms with Crippen molar-refractivity contribution in [2.45, 2.75) is 64.0 Å². The Kier molecular flexibility index (Phi) is 4.25. The first-order chi connectivity index (χ1) is 8.65. The highest BCUT2D eigenvalue weighted by molar-refractivity contribution is 5.88. The van der Waals surface area contributed by atoms with Gasteiger partial charge in [-0.05, 0) is 32.1 Å². The summed E-state index contributed by atoms with van der Waals surface area (Å²) in [5, 5.41) is 0. The van der Waals surface area contributed by atoms with Gasteiger partial charge in [-0.3, -0.25) is 4.79 Å². The van der Waals surface area contributed by atoms with Gasteiger partial charge in [0, 0.05) is 12.5 Å². The van der Waals surface area contributed by atoms with Crippen LogP contribution in [-0.4, -0.2) is 36.0 Å². The molecule has 0 aromatic heterocycles. The molecule has 1 aliphatic heterocycles. The smallest absolute Gasteiger partial charge is 0.328 e. The topological polar surface area (TPSA) is 46.6 Å². The molecule has 0 aromatic rings. The summed E-state index contributed by atoms with van der Waals surface area (Å²) in [6.45, 7) is 2.09. The molecule has 18 heavy (non-hydrogen) atoms. The van der Waals surface area contributed by atoms with Crippen molar-refractivity contribution in [1.29, 1.82) is 0 Å². The average molecular weight is 253 g/mol. The number of methoxy groups -OCH3 is 1. The molecular weight excluding hydrogens is 230 g/mol. The lowest BCUT2D eigenvalue weighted by molar-refractivity contribution is -0.151. The van der Waals surface area contributed by atoms with Gasteiger partial charge in [-0.15, -0.1) is 0 Å². The van der Waals surface area contributed by atoms with E-state index in [1.54, 1.807) is 4.90 Å². The van der Waals surface area contributed by atoms with Gasteiger partial charge >= 0.3 is 5.97 Å². The largest absolute Gasteiger partial charge is 0.467 e. The summed E-state index contributed by atoms with van der Waals surface area (Å²) >= 11 is 0. The molecule has 1 heterocycles. The zero-order valence-electron chi connectivity index (χ0n) is 11.4. The minimum absolute atomic E-state index is 0.114. The molecular formula is C14H23NO3. The van der Waals surface area contributed by atoms with Crippen LogP contribution < -0.4 is 0 Å². The van der Waals surface area contributed by atoms with E-state index in [4.69, 9.17) is 4.74 Å². The number of likely N-dealkylation sites (tertiary alicyclic amines) is 1. The molecule has 4 nitrogen and oxygen atoms in total. The Labute approximate surface area is 109 Å². The van der Waals surface area contributed by atoms with E-state index in [1.807, 2.05) is 0 Å². The van der Waals surface area contributed by atoms with Gasteiger partial charge in [0.2, 0.25) is 5.91 Å². The summed E-state index contributed by atoms with van der Waals surface area (Å²) in [7, 11) is 1.40. The number of rotatable bonds is 3. The van der Waals surface area contributed by atoms with E-state index in [1.165, 1.54) is 39.2 Å². The Morgan fingerprint density at radius 2 is 1.94 bits per heavy atom. The van der Waals surface area contributed by atoms with E-state index in [-0.39, 0.29) is 24.0 Å². The second-order valence-electron chi connectivity index (χ2n) is 5.52. The van der Waals surface area contributed by atoms with E-state index < -0.39 is 0 Å². The Morgan fingerprint density at radius 3 is 2.56 bits per heavy atom. The van der Waals surface area contributed by atoms with Crippen LogP contribution in [0, 0.1) is 5.92 Å². The number of nitrogens with zero attached hydrogens (tertiary/aromatic N) is 1. The van der Waals surface area contributed by atoms with E-state index in [9.17, 15) is 9.59 Å². The van der Waals surface area contributed by atoms with Gasteiger partial charge in [0.15, 0.2) is 0 Å². The average Bonchev–Trinajstić information content (AvgIpc) is 2.80. The van der Waals surface area contributed by atoms with Gasteiger partial charge < -0.3 is 9.64 Å². The number of hydrogen-bond donors (Lipinski definition) is 0. The lowest BCUT2D eigenvalue weighted by atomic mass is 9.83. The van der Waals surface area contributed by atoms with Crippen molar-refractivity contribution in [2.75, 3.05) is 7.11 Å². The highest BCUT2D eigenvalue weighted by Gasteiger charge is 2.41. The van der Waals surface area contributed by atoms with Gasteiger partial charge in [-0.1, -0.05) is 19.3 Å². The van der Waals surface area contributed by atoms with E-state index in [2.05, 4.69) is 6.92 Å². The van der Waals surface area contributed by atoms with Crippen LogP contribution in [0.2, 0.25) is 0 Å². The molecule has 4 heteroatoms. The molecule has 0 N–H and O–H groups in total. The predicted octanol–water partition coefficient (Wildman–Crippen LogP) is 2.12. The van der Waals surface area contributed by atoms with Crippen molar-refractivity contribution in [3.05, 3.63) is 0 Å². The second kappa shape index (κ2) is 5.72. The fourth-order valence-corrected chi connectivity index (χ4v) is 3.42.